The van der Waals surface area contributed by atoms with E-state index in [-0.39, 0.29) is 11.2 Å². The van der Waals surface area contributed by atoms with Gasteiger partial charge in [-0.1, -0.05) is 26.8 Å². The smallest absolute Gasteiger partial charge is 0.168 e. The largest absolute Gasteiger partial charge is 0.496 e. The number of Topliss-reactive ketones (excluding diaryl/α,β-unsaturated/α-hetero) is 1. The van der Waals surface area contributed by atoms with E-state index in [0.29, 0.717) is 24.3 Å². The Hall–Kier alpha value is -1.35. The molecule has 0 aliphatic rings. The van der Waals surface area contributed by atoms with E-state index in [1.54, 1.807) is 14.2 Å². The fourth-order valence-electron chi connectivity index (χ4n) is 1.72. The Morgan fingerprint density at radius 1 is 1.22 bits per heavy atom. The molecule has 0 unspecified atom stereocenters. The Morgan fingerprint density at radius 2 is 1.89 bits per heavy atom. The molecule has 100 valence electrons. The second-order valence-electron chi connectivity index (χ2n) is 5.33. The summed E-state index contributed by atoms with van der Waals surface area (Å²) in [6, 6.07) is 5.80. The summed E-state index contributed by atoms with van der Waals surface area (Å²) in [7, 11) is 3.18. The molecule has 0 radical (unpaired) electrons. The van der Waals surface area contributed by atoms with Crippen LogP contribution >= 0.6 is 0 Å². The Bertz CT molecular complexity index is 416. The van der Waals surface area contributed by atoms with Crippen LogP contribution in [0.4, 0.5) is 0 Å². The lowest BCUT2D eigenvalue weighted by Crippen LogP contribution is -2.13. The van der Waals surface area contributed by atoms with Crippen LogP contribution in [0, 0.1) is 0 Å². The topological polar surface area (TPSA) is 35.5 Å². The monoisotopic (exact) mass is 250 g/mol. The predicted octanol–water partition coefficient (Wildman–Crippen LogP) is 3.21. The van der Waals surface area contributed by atoms with Crippen LogP contribution in [-0.2, 0) is 10.2 Å². The highest BCUT2D eigenvalue weighted by Gasteiger charge is 2.18. The molecule has 0 bridgehead atoms. The molecule has 1 aromatic carbocycles. The van der Waals surface area contributed by atoms with Crippen LogP contribution in [0.25, 0.3) is 0 Å². The minimum absolute atomic E-state index is 0.0164. The van der Waals surface area contributed by atoms with Crippen molar-refractivity contribution in [2.75, 3.05) is 20.8 Å². The third kappa shape index (κ3) is 3.57. The van der Waals surface area contributed by atoms with Gasteiger partial charge in [-0.2, -0.15) is 0 Å². The van der Waals surface area contributed by atoms with Crippen molar-refractivity contribution in [3.8, 4) is 5.75 Å². The van der Waals surface area contributed by atoms with E-state index in [9.17, 15) is 4.79 Å². The summed E-state index contributed by atoms with van der Waals surface area (Å²) >= 11 is 0. The van der Waals surface area contributed by atoms with Crippen LogP contribution in [0.1, 0.15) is 43.1 Å². The maximum absolute atomic E-state index is 12.1. The highest BCUT2D eigenvalue weighted by atomic mass is 16.5. The summed E-state index contributed by atoms with van der Waals surface area (Å²) in [5, 5.41) is 0. The van der Waals surface area contributed by atoms with Crippen molar-refractivity contribution >= 4 is 5.78 Å². The van der Waals surface area contributed by atoms with E-state index in [1.807, 2.05) is 18.2 Å². The number of methoxy groups -OCH3 is 2. The van der Waals surface area contributed by atoms with Gasteiger partial charge in [-0.15, -0.1) is 0 Å². The number of rotatable bonds is 5. The lowest BCUT2D eigenvalue weighted by molar-refractivity contribution is 0.0929. The van der Waals surface area contributed by atoms with Crippen LogP contribution in [0.2, 0.25) is 0 Å². The Balaban J connectivity index is 3.10. The highest BCUT2D eigenvalue weighted by molar-refractivity contribution is 5.99. The first-order valence-electron chi connectivity index (χ1n) is 6.11. The van der Waals surface area contributed by atoms with Gasteiger partial charge in [0.2, 0.25) is 0 Å². The zero-order valence-corrected chi connectivity index (χ0v) is 11.9. The van der Waals surface area contributed by atoms with E-state index in [0.717, 1.165) is 5.56 Å². The average Bonchev–Trinajstić information content (AvgIpc) is 2.34. The summed E-state index contributed by atoms with van der Waals surface area (Å²) in [6.45, 7) is 6.80. The van der Waals surface area contributed by atoms with Gasteiger partial charge in [0, 0.05) is 13.5 Å². The van der Waals surface area contributed by atoms with E-state index in [1.165, 1.54) is 0 Å². The summed E-state index contributed by atoms with van der Waals surface area (Å²) < 4.78 is 10.2. The molecule has 0 saturated heterocycles. The Labute approximate surface area is 109 Å². The van der Waals surface area contributed by atoms with E-state index in [4.69, 9.17) is 9.47 Å². The molecular weight excluding hydrogens is 228 g/mol. The first-order chi connectivity index (χ1) is 8.40. The second kappa shape index (κ2) is 6.01. The number of ketones is 1. The van der Waals surface area contributed by atoms with E-state index < -0.39 is 0 Å². The fourth-order valence-corrected chi connectivity index (χ4v) is 1.72. The first kappa shape index (κ1) is 14.7. The van der Waals surface area contributed by atoms with Gasteiger partial charge in [-0.25, -0.2) is 0 Å². The van der Waals surface area contributed by atoms with Crippen molar-refractivity contribution < 1.29 is 14.3 Å². The quantitative estimate of drug-likeness (QED) is 0.753. The minimum atomic E-state index is 0.0164. The van der Waals surface area contributed by atoms with E-state index in [2.05, 4.69) is 20.8 Å². The number of benzene rings is 1. The fraction of sp³-hybridized carbons (Fsp3) is 0.533. The van der Waals surface area contributed by atoms with Gasteiger partial charge in [0.15, 0.2) is 5.78 Å². The molecule has 1 aromatic rings. The molecule has 18 heavy (non-hydrogen) atoms. The molecule has 0 N–H and O–H groups in total. The normalized spacial score (nSPS) is 11.4. The molecule has 0 amide bonds. The molecule has 0 aliphatic carbocycles. The molecule has 1 rings (SSSR count). The third-order valence-electron chi connectivity index (χ3n) is 2.90. The third-order valence-corrected chi connectivity index (χ3v) is 2.90. The van der Waals surface area contributed by atoms with Gasteiger partial charge < -0.3 is 9.47 Å². The summed E-state index contributed by atoms with van der Waals surface area (Å²) in [5.41, 5.74) is 1.79. The number of hydrogen-bond acceptors (Lipinski definition) is 3. The van der Waals surface area contributed by atoms with Crippen molar-refractivity contribution in [3.63, 3.8) is 0 Å². The van der Waals surface area contributed by atoms with Gasteiger partial charge in [-0.3, -0.25) is 4.79 Å². The second-order valence-corrected chi connectivity index (χ2v) is 5.33. The zero-order valence-electron chi connectivity index (χ0n) is 11.9. The van der Waals surface area contributed by atoms with Crippen LogP contribution in [0.5, 0.6) is 5.75 Å². The molecule has 3 nitrogen and oxygen atoms in total. The number of hydrogen-bond donors (Lipinski definition) is 0. The minimum Gasteiger partial charge on any atom is -0.496 e. The van der Waals surface area contributed by atoms with Gasteiger partial charge in [0.25, 0.3) is 0 Å². The standard InChI is InChI=1S/C15H22O3/c1-15(2,3)11-6-7-14(18-5)12(10-11)13(16)8-9-17-4/h6-7,10H,8-9H2,1-5H3. The van der Waals surface area contributed by atoms with Gasteiger partial charge >= 0.3 is 0 Å². The van der Waals surface area contributed by atoms with Crippen LogP contribution in [-0.4, -0.2) is 26.6 Å². The van der Waals surface area contributed by atoms with Crippen molar-refractivity contribution in [2.45, 2.75) is 32.6 Å². The number of ether oxygens (including phenoxy) is 2. The van der Waals surface area contributed by atoms with Gasteiger partial charge in [0.05, 0.1) is 19.3 Å². The molecule has 0 saturated carbocycles. The Morgan fingerprint density at radius 3 is 2.39 bits per heavy atom. The van der Waals surface area contributed by atoms with Crippen molar-refractivity contribution in [2.24, 2.45) is 0 Å². The van der Waals surface area contributed by atoms with Gasteiger partial charge in [-0.05, 0) is 23.1 Å². The van der Waals surface area contributed by atoms with Crippen molar-refractivity contribution in [1.82, 2.24) is 0 Å². The zero-order chi connectivity index (χ0) is 13.8. The summed E-state index contributed by atoms with van der Waals surface area (Å²) in [6.07, 6.45) is 0.375. The Kier molecular flexibility index (Phi) is 4.91. The average molecular weight is 250 g/mol. The molecule has 0 atom stereocenters. The summed E-state index contributed by atoms with van der Waals surface area (Å²) in [5.74, 6) is 0.684. The predicted molar refractivity (Wildman–Crippen MR) is 72.5 cm³/mol. The molecule has 0 spiro atoms. The molecule has 0 fully saturated rings. The number of carbonyl (C=O) groups is 1. The van der Waals surface area contributed by atoms with Crippen LogP contribution < -0.4 is 4.74 Å². The lowest BCUT2D eigenvalue weighted by atomic mass is 9.85. The lowest BCUT2D eigenvalue weighted by Gasteiger charge is -2.20. The van der Waals surface area contributed by atoms with Crippen molar-refractivity contribution in [3.05, 3.63) is 29.3 Å². The molecule has 0 aromatic heterocycles. The number of carbonyl (C=O) groups excluding carboxylic acids is 1. The van der Waals surface area contributed by atoms with Crippen LogP contribution in [0.15, 0.2) is 18.2 Å². The molecule has 0 aliphatic heterocycles. The highest BCUT2D eigenvalue weighted by Crippen LogP contribution is 2.28. The van der Waals surface area contributed by atoms with E-state index >= 15 is 0 Å². The maximum atomic E-state index is 12.1. The first-order valence-corrected chi connectivity index (χ1v) is 6.11. The molecule has 3 heteroatoms. The van der Waals surface area contributed by atoms with Crippen LogP contribution in [0.3, 0.4) is 0 Å². The summed E-state index contributed by atoms with van der Waals surface area (Å²) in [4.78, 5) is 12.1. The van der Waals surface area contributed by atoms with Crippen molar-refractivity contribution in [1.29, 1.82) is 0 Å². The molecular formula is C15H22O3. The SMILES string of the molecule is COCCC(=O)c1cc(C(C)(C)C)ccc1OC. The van der Waals surface area contributed by atoms with Gasteiger partial charge in [0.1, 0.15) is 5.75 Å². The molecule has 0 heterocycles. The maximum Gasteiger partial charge on any atom is 0.168 e.